The summed E-state index contributed by atoms with van der Waals surface area (Å²) in [6.45, 7) is 2.74. The topological polar surface area (TPSA) is 50.7 Å². The van der Waals surface area contributed by atoms with Crippen molar-refractivity contribution in [1.82, 2.24) is 14.3 Å². The highest BCUT2D eigenvalue weighted by atomic mass is 32.1. The molecule has 0 aliphatic carbocycles. The van der Waals surface area contributed by atoms with Crippen molar-refractivity contribution in [2.24, 2.45) is 0 Å². The molecule has 0 aliphatic rings. The predicted molar refractivity (Wildman–Crippen MR) is 78.6 cm³/mol. The second kappa shape index (κ2) is 5.32. The van der Waals surface area contributed by atoms with Crippen LogP contribution < -0.4 is 5.32 Å². The van der Waals surface area contributed by atoms with E-state index in [-0.39, 0.29) is 0 Å². The van der Waals surface area contributed by atoms with Gasteiger partial charge in [0.2, 0.25) is 5.13 Å². The Kier molecular flexibility index (Phi) is 3.37. The standard InChI is InChI=1S/C14H14N4S/c1-10-17-14(19-18-10)16-9-7-12-5-2-4-11-6-3-8-15-13(11)12/h2-6,8H,7,9H2,1H3,(H,16,17,18). The highest BCUT2D eigenvalue weighted by molar-refractivity contribution is 7.09. The smallest absolute Gasteiger partial charge is 0.202 e. The average molecular weight is 270 g/mol. The van der Waals surface area contributed by atoms with Crippen LogP contribution in [0, 0.1) is 6.92 Å². The lowest BCUT2D eigenvalue weighted by molar-refractivity contribution is 1.01. The van der Waals surface area contributed by atoms with Crippen LogP contribution >= 0.6 is 11.5 Å². The van der Waals surface area contributed by atoms with Crippen molar-refractivity contribution in [1.29, 1.82) is 0 Å². The minimum atomic E-state index is 0.819. The maximum absolute atomic E-state index is 4.46. The van der Waals surface area contributed by atoms with Gasteiger partial charge in [-0.2, -0.15) is 4.37 Å². The van der Waals surface area contributed by atoms with Crippen LogP contribution in [0.15, 0.2) is 36.5 Å². The number of para-hydroxylation sites is 1. The van der Waals surface area contributed by atoms with Crippen molar-refractivity contribution in [3.05, 3.63) is 47.9 Å². The lowest BCUT2D eigenvalue weighted by Gasteiger charge is -2.06. The predicted octanol–water partition coefficient (Wildman–Crippen LogP) is 3.05. The molecule has 0 saturated carbocycles. The molecular weight excluding hydrogens is 256 g/mol. The van der Waals surface area contributed by atoms with E-state index < -0.39 is 0 Å². The van der Waals surface area contributed by atoms with E-state index in [0.29, 0.717) is 0 Å². The van der Waals surface area contributed by atoms with Gasteiger partial charge in [-0.1, -0.05) is 24.3 Å². The third-order valence-corrected chi connectivity index (χ3v) is 3.68. The first-order valence-corrected chi connectivity index (χ1v) is 6.97. The number of anilines is 1. The van der Waals surface area contributed by atoms with Gasteiger partial charge >= 0.3 is 0 Å². The summed E-state index contributed by atoms with van der Waals surface area (Å²) in [5.74, 6) is 0.819. The minimum Gasteiger partial charge on any atom is -0.360 e. The number of aryl methyl sites for hydroxylation is 1. The van der Waals surface area contributed by atoms with Gasteiger partial charge in [-0.05, 0) is 25.0 Å². The summed E-state index contributed by atoms with van der Waals surface area (Å²) in [4.78, 5) is 8.74. The molecule has 2 heterocycles. The maximum atomic E-state index is 4.46. The third kappa shape index (κ3) is 2.71. The van der Waals surface area contributed by atoms with E-state index in [1.807, 2.05) is 19.2 Å². The lowest BCUT2D eigenvalue weighted by atomic mass is 10.1. The molecule has 1 aromatic carbocycles. The summed E-state index contributed by atoms with van der Waals surface area (Å²) >= 11 is 1.40. The molecule has 0 fully saturated rings. The van der Waals surface area contributed by atoms with Gasteiger partial charge in [-0.15, -0.1) is 0 Å². The molecule has 3 rings (SSSR count). The van der Waals surface area contributed by atoms with E-state index in [4.69, 9.17) is 0 Å². The number of rotatable bonds is 4. The fraction of sp³-hybridized carbons (Fsp3) is 0.214. The molecule has 1 N–H and O–H groups in total. The monoisotopic (exact) mass is 270 g/mol. The molecule has 0 unspecified atom stereocenters. The first-order valence-electron chi connectivity index (χ1n) is 6.20. The third-order valence-electron chi connectivity index (χ3n) is 2.91. The fourth-order valence-electron chi connectivity index (χ4n) is 2.04. The molecule has 0 radical (unpaired) electrons. The summed E-state index contributed by atoms with van der Waals surface area (Å²) in [7, 11) is 0. The van der Waals surface area contributed by atoms with Crippen LogP contribution in [0.5, 0.6) is 0 Å². The van der Waals surface area contributed by atoms with Gasteiger partial charge in [0.1, 0.15) is 5.82 Å². The highest BCUT2D eigenvalue weighted by Crippen LogP contribution is 2.17. The molecule has 19 heavy (non-hydrogen) atoms. The van der Waals surface area contributed by atoms with E-state index in [2.05, 4.69) is 43.9 Å². The number of nitrogens with zero attached hydrogens (tertiary/aromatic N) is 3. The molecule has 0 saturated heterocycles. The molecule has 0 aliphatic heterocycles. The fourth-order valence-corrected chi connectivity index (χ4v) is 2.64. The van der Waals surface area contributed by atoms with Crippen molar-refractivity contribution in [2.45, 2.75) is 13.3 Å². The Labute approximate surface area is 115 Å². The van der Waals surface area contributed by atoms with Crippen molar-refractivity contribution in [3.63, 3.8) is 0 Å². The second-order valence-electron chi connectivity index (χ2n) is 4.32. The van der Waals surface area contributed by atoms with Crippen LogP contribution in [-0.4, -0.2) is 20.9 Å². The van der Waals surface area contributed by atoms with E-state index in [9.17, 15) is 0 Å². The van der Waals surface area contributed by atoms with Crippen molar-refractivity contribution >= 4 is 27.6 Å². The van der Waals surface area contributed by atoms with Gasteiger partial charge in [-0.25, -0.2) is 4.98 Å². The van der Waals surface area contributed by atoms with Crippen LogP contribution in [-0.2, 0) is 6.42 Å². The van der Waals surface area contributed by atoms with Gasteiger partial charge in [0, 0.05) is 29.7 Å². The molecule has 0 amide bonds. The summed E-state index contributed by atoms with van der Waals surface area (Å²) in [5, 5.41) is 5.36. The van der Waals surface area contributed by atoms with Gasteiger partial charge in [-0.3, -0.25) is 4.98 Å². The SMILES string of the molecule is Cc1nsc(NCCc2cccc3cccnc23)n1. The van der Waals surface area contributed by atoms with Crippen LogP contribution in [0.25, 0.3) is 10.9 Å². The summed E-state index contributed by atoms with van der Waals surface area (Å²) in [6.07, 6.45) is 2.76. The summed E-state index contributed by atoms with van der Waals surface area (Å²) < 4.78 is 4.15. The van der Waals surface area contributed by atoms with Crippen molar-refractivity contribution in [3.8, 4) is 0 Å². The molecule has 96 valence electrons. The zero-order chi connectivity index (χ0) is 13.1. The summed E-state index contributed by atoms with van der Waals surface area (Å²) in [6, 6.07) is 10.4. The zero-order valence-corrected chi connectivity index (χ0v) is 11.4. The van der Waals surface area contributed by atoms with Gasteiger partial charge in [0.05, 0.1) is 5.52 Å². The van der Waals surface area contributed by atoms with Crippen LogP contribution in [0.4, 0.5) is 5.13 Å². The number of hydrogen-bond donors (Lipinski definition) is 1. The lowest BCUT2D eigenvalue weighted by Crippen LogP contribution is -2.05. The highest BCUT2D eigenvalue weighted by Gasteiger charge is 2.03. The molecule has 3 aromatic rings. The first-order chi connectivity index (χ1) is 9.33. The minimum absolute atomic E-state index is 0.819. The average Bonchev–Trinajstić information content (AvgIpc) is 2.85. The van der Waals surface area contributed by atoms with E-state index >= 15 is 0 Å². The van der Waals surface area contributed by atoms with Crippen molar-refractivity contribution < 1.29 is 0 Å². The Hall–Kier alpha value is -2.01. The number of benzene rings is 1. The molecule has 0 atom stereocenters. The molecular formula is C14H14N4S. The zero-order valence-electron chi connectivity index (χ0n) is 10.6. The number of pyridine rings is 1. The molecule has 0 bridgehead atoms. The van der Waals surface area contributed by atoms with E-state index in [1.165, 1.54) is 22.5 Å². The van der Waals surface area contributed by atoms with Crippen LogP contribution in [0.1, 0.15) is 11.4 Å². The van der Waals surface area contributed by atoms with Crippen molar-refractivity contribution in [2.75, 3.05) is 11.9 Å². The molecule has 4 nitrogen and oxygen atoms in total. The maximum Gasteiger partial charge on any atom is 0.202 e. The summed E-state index contributed by atoms with van der Waals surface area (Å²) in [5.41, 5.74) is 2.34. The quantitative estimate of drug-likeness (QED) is 0.791. The Morgan fingerprint density at radius 1 is 1.21 bits per heavy atom. The van der Waals surface area contributed by atoms with Gasteiger partial charge in [0.15, 0.2) is 0 Å². The molecule has 2 aromatic heterocycles. The molecule has 5 heteroatoms. The van der Waals surface area contributed by atoms with E-state index in [0.717, 1.165) is 29.4 Å². The van der Waals surface area contributed by atoms with Gasteiger partial charge < -0.3 is 5.32 Å². The van der Waals surface area contributed by atoms with Gasteiger partial charge in [0.25, 0.3) is 0 Å². The van der Waals surface area contributed by atoms with Crippen LogP contribution in [0.3, 0.4) is 0 Å². The van der Waals surface area contributed by atoms with Crippen LogP contribution in [0.2, 0.25) is 0 Å². The number of aromatic nitrogens is 3. The number of nitrogens with one attached hydrogen (secondary N) is 1. The Bertz CT molecular complexity index is 687. The van der Waals surface area contributed by atoms with E-state index in [1.54, 1.807) is 0 Å². The largest absolute Gasteiger partial charge is 0.360 e. The number of hydrogen-bond acceptors (Lipinski definition) is 5. The second-order valence-corrected chi connectivity index (χ2v) is 5.07. The molecule has 0 spiro atoms. The normalized spacial score (nSPS) is 10.8. The Morgan fingerprint density at radius 3 is 2.95 bits per heavy atom. The Balaban J connectivity index is 1.71. The number of fused-ring (bicyclic) bond motifs is 1. The first kappa shape index (κ1) is 12.0. The Morgan fingerprint density at radius 2 is 2.11 bits per heavy atom.